The van der Waals surface area contributed by atoms with Crippen molar-refractivity contribution in [2.45, 2.75) is 32.8 Å². The Kier molecular flexibility index (Phi) is 2.55. The van der Waals surface area contributed by atoms with E-state index in [0.29, 0.717) is 5.02 Å². The number of rotatable bonds is 0. The zero-order valence-electron chi connectivity index (χ0n) is 9.36. The normalized spacial score (nSPS) is 18.4. The fraction of sp³-hybridized carbons (Fsp3) is 0.500. The Morgan fingerprint density at radius 3 is 2.87 bits per heavy atom. The van der Waals surface area contributed by atoms with Gasteiger partial charge in [-0.1, -0.05) is 11.6 Å². The first-order valence-electron chi connectivity index (χ1n) is 5.21. The zero-order valence-corrected chi connectivity index (χ0v) is 10.1. The van der Waals surface area contributed by atoms with Crippen molar-refractivity contribution in [1.29, 1.82) is 0 Å². The van der Waals surface area contributed by atoms with E-state index in [4.69, 9.17) is 16.3 Å². The van der Waals surface area contributed by atoms with Gasteiger partial charge in [0, 0.05) is 13.0 Å². The molecule has 0 saturated carbocycles. The second kappa shape index (κ2) is 3.60. The first-order chi connectivity index (χ1) is 6.98. The van der Waals surface area contributed by atoms with Gasteiger partial charge in [-0.15, -0.1) is 0 Å². The van der Waals surface area contributed by atoms with Crippen molar-refractivity contribution in [1.82, 2.24) is 0 Å². The van der Waals surface area contributed by atoms with Gasteiger partial charge in [-0.2, -0.15) is 0 Å². The number of fused-ring (bicyclic) bond motifs is 1. The largest absolute Gasteiger partial charge is 0.484 e. The van der Waals surface area contributed by atoms with Crippen LogP contribution in [0.15, 0.2) is 12.1 Å². The van der Waals surface area contributed by atoms with E-state index in [1.54, 1.807) is 0 Å². The second-order valence-corrected chi connectivity index (χ2v) is 5.07. The summed E-state index contributed by atoms with van der Waals surface area (Å²) in [6, 6.07) is 4.01. The lowest BCUT2D eigenvalue weighted by Crippen LogP contribution is -2.28. The smallest absolute Gasteiger partial charge is 0.161 e. The van der Waals surface area contributed by atoms with Gasteiger partial charge in [0.15, 0.2) is 5.75 Å². The van der Waals surface area contributed by atoms with Gasteiger partial charge >= 0.3 is 0 Å². The van der Waals surface area contributed by atoms with E-state index in [9.17, 15) is 0 Å². The molecule has 1 heterocycles. The molecule has 2 rings (SSSR count). The molecule has 1 aliphatic heterocycles. The third-order valence-electron chi connectivity index (χ3n) is 2.61. The molecule has 82 valence electrons. The van der Waals surface area contributed by atoms with Crippen LogP contribution in [0.3, 0.4) is 0 Å². The first-order valence-corrected chi connectivity index (χ1v) is 5.59. The molecule has 1 aromatic carbocycles. The van der Waals surface area contributed by atoms with Crippen molar-refractivity contribution < 1.29 is 4.74 Å². The molecule has 15 heavy (non-hydrogen) atoms. The maximum absolute atomic E-state index is 6.18. The average molecular weight is 226 g/mol. The van der Waals surface area contributed by atoms with Crippen molar-refractivity contribution >= 4 is 17.3 Å². The Morgan fingerprint density at radius 2 is 2.13 bits per heavy atom. The highest BCUT2D eigenvalue weighted by atomic mass is 35.5. The summed E-state index contributed by atoms with van der Waals surface area (Å²) in [7, 11) is 0. The number of hydrogen-bond donors (Lipinski definition) is 1. The molecule has 1 aromatic rings. The van der Waals surface area contributed by atoms with Crippen LogP contribution in [0.2, 0.25) is 5.02 Å². The lowest BCUT2D eigenvalue weighted by atomic mass is 10.1. The van der Waals surface area contributed by atoms with Crippen LogP contribution in [0, 0.1) is 6.92 Å². The Hall–Kier alpha value is -0.890. The summed E-state index contributed by atoms with van der Waals surface area (Å²) >= 11 is 6.18. The SMILES string of the molecule is Cc1cc(Cl)c2c(c1)NCCC(C)(C)O2. The summed E-state index contributed by atoms with van der Waals surface area (Å²) in [4.78, 5) is 0. The van der Waals surface area contributed by atoms with Crippen LogP contribution in [0.5, 0.6) is 5.75 Å². The number of halogens is 1. The van der Waals surface area contributed by atoms with E-state index in [0.717, 1.165) is 30.0 Å². The van der Waals surface area contributed by atoms with Gasteiger partial charge in [-0.05, 0) is 38.5 Å². The molecule has 2 nitrogen and oxygen atoms in total. The fourth-order valence-corrected chi connectivity index (χ4v) is 2.10. The molecule has 0 saturated heterocycles. The van der Waals surface area contributed by atoms with Crippen LogP contribution in [-0.4, -0.2) is 12.1 Å². The van der Waals surface area contributed by atoms with Crippen molar-refractivity contribution in [3.63, 3.8) is 0 Å². The topological polar surface area (TPSA) is 21.3 Å². The van der Waals surface area contributed by atoms with Gasteiger partial charge in [-0.3, -0.25) is 0 Å². The predicted molar refractivity (Wildman–Crippen MR) is 64.0 cm³/mol. The van der Waals surface area contributed by atoms with Crippen LogP contribution in [0.4, 0.5) is 5.69 Å². The number of aryl methyl sites for hydroxylation is 1. The number of nitrogens with one attached hydrogen (secondary N) is 1. The number of ether oxygens (including phenoxy) is 1. The predicted octanol–water partition coefficient (Wildman–Crippen LogP) is 3.62. The van der Waals surface area contributed by atoms with Crippen LogP contribution >= 0.6 is 11.6 Å². The molecule has 1 N–H and O–H groups in total. The van der Waals surface area contributed by atoms with Gasteiger partial charge in [0.05, 0.1) is 10.7 Å². The number of benzene rings is 1. The molecule has 0 unspecified atom stereocenters. The van der Waals surface area contributed by atoms with Crippen LogP contribution in [0.25, 0.3) is 0 Å². The molecular formula is C12H16ClNO. The highest BCUT2D eigenvalue weighted by Crippen LogP contribution is 2.39. The maximum atomic E-state index is 6.18. The zero-order chi connectivity index (χ0) is 11.1. The van der Waals surface area contributed by atoms with E-state index >= 15 is 0 Å². The van der Waals surface area contributed by atoms with Gasteiger partial charge in [0.2, 0.25) is 0 Å². The quantitative estimate of drug-likeness (QED) is 0.728. The molecule has 0 fully saturated rings. The summed E-state index contributed by atoms with van der Waals surface area (Å²) in [6.07, 6.45) is 0.969. The number of hydrogen-bond acceptors (Lipinski definition) is 2. The molecule has 0 radical (unpaired) electrons. The monoisotopic (exact) mass is 225 g/mol. The lowest BCUT2D eigenvalue weighted by Gasteiger charge is -2.24. The Bertz CT molecular complexity index is 387. The third-order valence-corrected chi connectivity index (χ3v) is 2.89. The molecule has 1 aliphatic rings. The van der Waals surface area contributed by atoms with E-state index < -0.39 is 0 Å². The van der Waals surface area contributed by atoms with Crippen molar-refractivity contribution in [3.05, 3.63) is 22.7 Å². The Balaban J connectivity index is 2.47. The molecule has 0 aromatic heterocycles. The number of anilines is 1. The third kappa shape index (κ3) is 2.20. The summed E-state index contributed by atoms with van der Waals surface area (Å²) in [5, 5.41) is 4.04. The second-order valence-electron chi connectivity index (χ2n) is 4.66. The standard InChI is InChI=1S/C12H16ClNO/c1-8-6-9(13)11-10(7-8)14-5-4-12(2,3)15-11/h6-7,14H,4-5H2,1-3H3. The molecule has 0 spiro atoms. The summed E-state index contributed by atoms with van der Waals surface area (Å²) in [5.41, 5.74) is 2.00. The van der Waals surface area contributed by atoms with Gasteiger partial charge in [-0.25, -0.2) is 0 Å². The highest BCUT2D eigenvalue weighted by Gasteiger charge is 2.25. The highest BCUT2D eigenvalue weighted by molar-refractivity contribution is 6.32. The molecular weight excluding hydrogens is 210 g/mol. The first kappa shape index (κ1) is 10.6. The Labute approximate surface area is 95.6 Å². The molecule has 3 heteroatoms. The lowest BCUT2D eigenvalue weighted by molar-refractivity contribution is 0.109. The van der Waals surface area contributed by atoms with Gasteiger partial charge < -0.3 is 10.1 Å². The van der Waals surface area contributed by atoms with Crippen LogP contribution in [0.1, 0.15) is 25.8 Å². The van der Waals surface area contributed by atoms with E-state index in [-0.39, 0.29) is 5.60 Å². The minimum absolute atomic E-state index is 0.156. The van der Waals surface area contributed by atoms with Crippen molar-refractivity contribution in [2.24, 2.45) is 0 Å². The van der Waals surface area contributed by atoms with E-state index in [1.165, 1.54) is 0 Å². The molecule has 0 atom stereocenters. The summed E-state index contributed by atoms with van der Waals surface area (Å²) in [6.45, 7) is 7.11. The van der Waals surface area contributed by atoms with E-state index in [1.807, 2.05) is 13.0 Å². The van der Waals surface area contributed by atoms with Gasteiger partial charge in [0.1, 0.15) is 5.60 Å². The van der Waals surface area contributed by atoms with Crippen molar-refractivity contribution in [3.8, 4) is 5.75 Å². The van der Waals surface area contributed by atoms with Crippen LogP contribution < -0.4 is 10.1 Å². The molecule has 0 amide bonds. The molecule has 0 bridgehead atoms. The summed E-state index contributed by atoms with van der Waals surface area (Å²) in [5.74, 6) is 0.782. The van der Waals surface area contributed by atoms with E-state index in [2.05, 4.69) is 25.2 Å². The van der Waals surface area contributed by atoms with Gasteiger partial charge in [0.25, 0.3) is 0 Å². The fourth-order valence-electron chi connectivity index (χ4n) is 1.79. The average Bonchev–Trinajstić information content (AvgIpc) is 2.23. The summed E-state index contributed by atoms with van der Waals surface area (Å²) < 4.78 is 5.94. The minimum atomic E-state index is -0.156. The Morgan fingerprint density at radius 1 is 1.40 bits per heavy atom. The maximum Gasteiger partial charge on any atom is 0.161 e. The van der Waals surface area contributed by atoms with Crippen molar-refractivity contribution in [2.75, 3.05) is 11.9 Å². The minimum Gasteiger partial charge on any atom is -0.484 e. The van der Waals surface area contributed by atoms with Crippen LogP contribution in [-0.2, 0) is 0 Å². The molecule has 0 aliphatic carbocycles.